The quantitative estimate of drug-likeness (QED) is 0.121. The van der Waals surface area contributed by atoms with Crippen molar-refractivity contribution in [1.29, 1.82) is 5.26 Å². The number of carbonyl (C=O) groups excluding carboxylic acids is 2. The number of nitrogens with one attached hydrogen (secondary N) is 1. The molecule has 0 saturated carbocycles. The molecule has 0 heterocycles. The van der Waals surface area contributed by atoms with Crippen molar-refractivity contribution in [1.82, 2.24) is 0 Å². The van der Waals surface area contributed by atoms with E-state index in [0.29, 0.717) is 16.3 Å². The largest absolute Gasteiger partial charge is 0.423 e. The molecule has 0 aliphatic heterocycles. The molecule has 0 bridgehead atoms. The van der Waals surface area contributed by atoms with Crippen LogP contribution in [0.2, 0.25) is 10.0 Å². The maximum atomic E-state index is 12.4. The number of ether oxygens (including phenoxy) is 1. The number of nitrogens with zero attached hydrogens (tertiary/aromatic N) is 2. The Morgan fingerprint density at radius 2 is 1.70 bits per heavy atom. The van der Waals surface area contributed by atoms with Crippen LogP contribution < -0.4 is 10.1 Å². The molecular formula is C23H13Cl2N3O5. The monoisotopic (exact) mass is 481 g/mol. The first-order chi connectivity index (χ1) is 15.8. The number of nitro benzene ring substituents is 1. The lowest BCUT2D eigenvalue weighted by Crippen LogP contribution is -2.13. The van der Waals surface area contributed by atoms with Crippen LogP contribution in [0.15, 0.2) is 72.3 Å². The number of anilines is 1. The summed E-state index contributed by atoms with van der Waals surface area (Å²) < 4.78 is 5.28. The fourth-order valence-corrected chi connectivity index (χ4v) is 3.11. The van der Waals surface area contributed by atoms with Gasteiger partial charge in [0, 0.05) is 22.8 Å². The van der Waals surface area contributed by atoms with Gasteiger partial charge in [0.2, 0.25) is 0 Å². The summed E-state index contributed by atoms with van der Waals surface area (Å²) in [6, 6.07) is 17.5. The normalized spacial score (nSPS) is 10.8. The first-order valence-corrected chi connectivity index (χ1v) is 9.97. The van der Waals surface area contributed by atoms with Crippen molar-refractivity contribution in [2.75, 3.05) is 5.32 Å². The Hall–Kier alpha value is -4.19. The van der Waals surface area contributed by atoms with Crippen LogP contribution in [0, 0.1) is 21.4 Å². The molecule has 0 aliphatic carbocycles. The predicted octanol–water partition coefficient (Wildman–Crippen LogP) is 5.67. The minimum Gasteiger partial charge on any atom is -0.423 e. The molecule has 33 heavy (non-hydrogen) atoms. The zero-order valence-corrected chi connectivity index (χ0v) is 18.1. The molecule has 0 fully saturated rings. The van der Waals surface area contributed by atoms with E-state index in [9.17, 15) is 25.0 Å². The Bertz CT molecular complexity index is 1300. The highest BCUT2D eigenvalue weighted by Gasteiger charge is 2.14. The molecule has 3 aromatic carbocycles. The number of esters is 1. The predicted molar refractivity (Wildman–Crippen MR) is 123 cm³/mol. The minimum absolute atomic E-state index is 0.122. The first-order valence-electron chi connectivity index (χ1n) is 9.21. The molecule has 10 heteroatoms. The molecule has 1 amide bonds. The lowest BCUT2D eigenvalue weighted by atomic mass is 10.1. The van der Waals surface area contributed by atoms with E-state index in [-0.39, 0.29) is 27.6 Å². The molecule has 8 nitrogen and oxygen atoms in total. The van der Waals surface area contributed by atoms with Gasteiger partial charge in [-0.05, 0) is 54.1 Å². The highest BCUT2D eigenvalue weighted by molar-refractivity contribution is 6.36. The van der Waals surface area contributed by atoms with E-state index in [0.717, 1.165) is 0 Å². The minimum atomic E-state index is -0.681. The lowest BCUT2D eigenvalue weighted by molar-refractivity contribution is -0.384. The topological polar surface area (TPSA) is 122 Å². The van der Waals surface area contributed by atoms with Crippen molar-refractivity contribution in [3.05, 3.63) is 104 Å². The van der Waals surface area contributed by atoms with Crippen LogP contribution in [-0.4, -0.2) is 16.8 Å². The van der Waals surface area contributed by atoms with Crippen LogP contribution in [0.5, 0.6) is 5.75 Å². The molecule has 164 valence electrons. The number of nitriles is 1. The summed E-state index contributed by atoms with van der Waals surface area (Å²) in [6.07, 6.45) is 1.35. The fourth-order valence-electron chi connectivity index (χ4n) is 2.63. The maximum Gasteiger partial charge on any atom is 0.345 e. The Morgan fingerprint density at radius 3 is 2.27 bits per heavy atom. The number of hydrogen-bond donors (Lipinski definition) is 1. The van der Waals surface area contributed by atoms with Crippen molar-refractivity contribution in [3.8, 4) is 11.8 Å². The van der Waals surface area contributed by atoms with Crippen molar-refractivity contribution < 1.29 is 19.2 Å². The van der Waals surface area contributed by atoms with Gasteiger partial charge in [-0.15, -0.1) is 0 Å². The van der Waals surface area contributed by atoms with Crippen LogP contribution in [0.4, 0.5) is 11.4 Å². The molecule has 0 unspecified atom stereocenters. The first kappa shape index (κ1) is 23.5. The highest BCUT2D eigenvalue weighted by atomic mass is 35.5. The van der Waals surface area contributed by atoms with Gasteiger partial charge in [0.15, 0.2) is 0 Å². The van der Waals surface area contributed by atoms with Gasteiger partial charge in [0.05, 0.1) is 15.5 Å². The van der Waals surface area contributed by atoms with E-state index in [4.69, 9.17) is 27.9 Å². The summed E-state index contributed by atoms with van der Waals surface area (Å²) in [5, 5.41) is 23.1. The summed E-state index contributed by atoms with van der Waals surface area (Å²) in [5.41, 5.74) is 0.651. The maximum absolute atomic E-state index is 12.4. The zero-order chi connectivity index (χ0) is 24.0. The van der Waals surface area contributed by atoms with E-state index in [1.807, 2.05) is 6.07 Å². The van der Waals surface area contributed by atoms with Gasteiger partial charge in [-0.25, -0.2) is 4.79 Å². The van der Waals surface area contributed by atoms with Crippen LogP contribution in [-0.2, 0) is 4.79 Å². The summed E-state index contributed by atoms with van der Waals surface area (Å²) in [6.45, 7) is 0. The SMILES string of the molecule is N#C/C(=C\c1ccc(OC(=O)c2ccc(Cl)cc2Cl)cc1)C(=O)Nc1ccc([N+](=O)[O-])cc1. The molecule has 3 rings (SSSR count). The summed E-state index contributed by atoms with van der Waals surface area (Å²) in [7, 11) is 0. The Labute approximate surface area is 197 Å². The van der Waals surface area contributed by atoms with E-state index < -0.39 is 16.8 Å². The molecule has 1 N–H and O–H groups in total. The number of rotatable bonds is 6. The second-order valence-electron chi connectivity index (χ2n) is 6.51. The van der Waals surface area contributed by atoms with Crippen molar-refractivity contribution in [2.24, 2.45) is 0 Å². The van der Waals surface area contributed by atoms with Crippen molar-refractivity contribution in [2.45, 2.75) is 0 Å². The van der Waals surface area contributed by atoms with E-state index in [1.54, 1.807) is 12.1 Å². The number of hydrogen-bond acceptors (Lipinski definition) is 6. The summed E-state index contributed by atoms with van der Waals surface area (Å²) in [4.78, 5) is 34.8. The summed E-state index contributed by atoms with van der Waals surface area (Å²) >= 11 is 11.8. The van der Waals surface area contributed by atoms with Gasteiger partial charge >= 0.3 is 5.97 Å². The molecule has 0 radical (unpaired) electrons. The standard InChI is InChI=1S/C23H13Cl2N3O5/c24-16-3-10-20(21(25)12-16)23(30)33-19-8-1-14(2-9-19)11-15(13-26)22(29)27-17-4-6-18(7-5-17)28(31)32/h1-12H,(H,27,29)/b15-11+. The fraction of sp³-hybridized carbons (Fsp3) is 0. The van der Waals surface area contributed by atoms with E-state index in [1.165, 1.54) is 60.7 Å². The summed E-state index contributed by atoms with van der Waals surface area (Å²) in [5.74, 6) is -1.11. The number of non-ortho nitro benzene ring substituents is 1. The third kappa shape index (κ3) is 6.17. The second-order valence-corrected chi connectivity index (χ2v) is 7.35. The van der Waals surface area contributed by atoms with Crippen LogP contribution >= 0.6 is 23.2 Å². The molecule has 0 aliphatic rings. The van der Waals surface area contributed by atoms with Gasteiger partial charge in [0.25, 0.3) is 11.6 Å². The molecule has 0 saturated heterocycles. The second kappa shape index (κ2) is 10.4. The van der Waals surface area contributed by atoms with Gasteiger partial charge in [-0.3, -0.25) is 14.9 Å². The van der Waals surface area contributed by atoms with Crippen LogP contribution in [0.1, 0.15) is 15.9 Å². The highest BCUT2D eigenvalue weighted by Crippen LogP contribution is 2.23. The van der Waals surface area contributed by atoms with Gasteiger partial charge < -0.3 is 10.1 Å². The average Bonchev–Trinajstić information content (AvgIpc) is 2.78. The van der Waals surface area contributed by atoms with E-state index in [2.05, 4.69) is 5.32 Å². The Kier molecular flexibility index (Phi) is 7.41. The molecule has 0 atom stereocenters. The van der Waals surface area contributed by atoms with Gasteiger partial charge in [-0.1, -0.05) is 35.3 Å². The number of carbonyl (C=O) groups is 2. The number of amides is 1. The Morgan fingerprint density at radius 1 is 1.03 bits per heavy atom. The number of nitro groups is 1. The van der Waals surface area contributed by atoms with Crippen molar-refractivity contribution in [3.63, 3.8) is 0 Å². The third-order valence-electron chi connectivity index (χ3n) is 4.25. The molecular weight excluding hydrogens is 469 g/mol. The van der Waals surface area contributed by atoms with Gasteiger partial charge in [0.1, 0.15) is 17.4 Å². The number of halogens is 2. The molecule has 0 aromatic heterocycles. The van der Waals surface area contributed by atoms with Crippen LogP contribution in [0.3, 0.4) is 0 Å². The van der Waals surface area contributed by atoms with Gasteiger partial charge in [-0.2, -0.15) is 5.26 Å². The zero-order valence-electron chi connectivity index (χ0n) is 16.6. The number of benzene rings is 3. The van der Waals surface area contributed by atoms with E-state index >= 15 is 0 Å². The molecule has 0 spiro atoms. The average molecular weight is 482 g/mol. The molecule has 3 aromatic rings. The van der Waals surface area contributed by atoms with Crippen LogP contribution in [0.25, 0.3) is 6.08 Å². The van der Waals surface area contributed by atoms with Crippen molar-refractivity contribution >= 4 is 52.5 Å². The smallest absolute Gasteiger partial charge is 0.345 e. The lowest BCUT2D eigenvalue weighted by Gasteiger charge is -2.07. The Balaban J connectivity index is 1.68. The third-order valence-corrected chi connectivity index (χ3v) is 4.80.